The molecular weight excluding hydrogens is 777 g/mol. The summed E-state index contributed by atoms with van der Waals surface area (Å²) in [6, 6.07) is 65.6. The van der Waals surface area contributed by atoms with Crippen molar-refractivity contribution in [2.24, 2.45) is 9.98 Å². The highest BCUT2D eigenvalue weighted by atomic mass is 16.3. The molecule has 0 amide bonds. The third-order valence-corrected chi connectivity index (χ3v) is 13.0. The Morgan fingerprint density at radius 1 is 0.531 bits per heavy atom. The Balaban J connectivity index is 1.01. The number of amidine groups is 1. The molecule has 1 heterocycles. The van der Waals surface area contributed by atoms with Crippen LogP contribution in [0.5, 0.6) is 0 Å². The van der Waals surface area contributed by atoms with Gasteiger partial charge in [0.2, 0.25) is 0 Å². The lowest BCUT2D eigenvalue weighted by molar-refractivity contribution is 0.669. The lowest BCUT2D eigenvalue weighted by Crippen LogP contribution is -2.25. The molecule has 0 N–H and O–H groups in total. The van der Waals surface area contributed by atoms with Crippen molar-refractivity contribution >= 4 is 33.5 Å². The van der Waals surface area contributed by atoms with Gasteiger partial charge in [-0.2, -0.15) is 0 Å². The molecule has 304 valence electrons. The van der Waals surface area contributed by atoms with Crippen LogP contribution in [0.25, 0.3) is 66.4 Å². The standard InChI is InChI=1S/C61H44N2O/c1-5-7-19-41(6-2)39(3)62-60(42-20-9-8-10-21-42)63-40(4)43-22-17-23-46(36-43)47-27-18-31-58-59(47)52-37-44(33-35-57(52)64-58)45-32-34-51-50-26-13-16-30-55(50)61(56(51)38-45)53-28-14-11-24-48(53)49-25-12-15-29-54(49)61/h5-38H,1,3H2,2,4H3/b19-7-,41-6+,62-60?,63-40?. The monoisotopic (exact) mass is 820 g/mol. The first-order valence-corrected chi connectivity index (χ1v) is 21.8. The van der Waals surface area contributed by atoms with Crippen LogP contribution < -0.4 is 0 Å². The second-order valence-electron chi connectivity index (χ2n) is 16.5. The van der Waals surface area contributed by atoms with E-state index in [2.05, 4.69) is 165 Å². The number of hydrogen-bond donors (Lipinski definition) is 0. The van der Waals surface area contributed by atoms with Crippen molar-refractivity contribution in [3.63, 3.8) is 0 Å². The maximum Gasteiger partial charge on any atom is 0.160 e. The molecule has 0 atom stereocenters. The van der Waals surface area contributed by atoms with Crippen LogP contribution in [0.15, 0.2) is 245 Å². The van der Waals surface area contributed by atoms with Crippen molar-refractivity contribution < 1.29 is 4.42 Å². The zero-order valence-corrected chi connectivity index (χ0v) is 35.8. The van der Waals surface area contributed by atoms with Crippen molar-refractivity contribution in [3.8, 4) is 44.5 Å². The molecule has 11 rings (SSSR count). The quantitative estimate of drug-likeness (QED) is 0.0855. The van der Waals surface area contributed by atoms with E-state index in [1.54, 1.807) is 6.08 Å². The van der Waals surface area contributed by atoms with E-state index in [4.69, 9.17) is 14.4 Å². The molecule has 0 saturated carbocycles. The first-order valence-electron chi connectivity index (χ1n) is 21.8. The van der Waals surface area contributed by atoms with Gasteiger partial charge in [0, 0.05) is 22.0 Å². The molecule has 1 spiro atoms. The summed E-state index contributed by atoms with van der Waals surface area (Å²) in [5.41, 5.74) is 20.6. The summed E-state index contributed by atoms with van der Waals surface area (Å²) >= 11 is 0. The van der Waals surface area contributed by atoms with E-state index < -0.39 is 5.41 Å². The second kappa shape index (κ2) is 15.6. The van der Waals surface area contributed by atoms with Crippen LogP contribution >= 0.6 is 0 Å². The molecule has 9 aromatic rings. The summed E-state index contributed by atoms with van der Waals surface area (Å²) in [4.78, 5) is 10.1. The number of fused-ring (bicyclic) bond motifs is 13. The van der Waals surface area contributed by atoms with Gasteiger partial charge < -0.3 is 4.42 Å². The summed E-state index contributed by atoms with van der Waals surface area (Å²) in [6.07, 6.45) is 7.58. The van der Waals surface area contributed by atoms with Crippen LogP contribution in [0.4, 0.5) is 0 Å². The molecule has 2 aliphatic rings. The maximum absolute atomic E-state index is 6.58. The lowest BCUT2D eigenvalue weighted by atomic mass is 9.70. The third-order valence-electron chi connectivity index (χ3n) is 13.0. The Bertz CT molecular complexity index is 3440. The van der Waals surface area contributed by atoms with E-state index >= 15 is 0 Å². The number of furan rings is 1. The smallest absolute Gasteiger partial charge is 0.160 e. The van der Waals surface area contributed by atoms with Crippen LogP contribution in [-0.4, -0.2) is 11.5 Å². The summed E-state index contributed by atoms with van der Waals surface area (Å²) in [6.45, 7) is 12.1. The van der Waals surface area contributed by atoms with Crippen molar-refractivity contribution in [3.05, 3.63) is 264 Å². The van der Waals surface area contributed by atoms with E-state index in [1.807, 2.05) is 62.4 Å². The number of rotatable bonds is 8. The summed E-state index contributed by atoms with van der Waals surface area (Å²) in [7, 11) is 0. The molecule has 2 aliphatic carbocycles. The highest BCUT2D eigenvalue weighted by molar-refractivity contribution is 6.15. The van der Waals surface area contributed by atoms with E-state index in [0.717, 1.165) is 61.0 Å². The normalized spacial score (nSPS) is 13.9. The van der Waals surface area contributed by atoms with Crippen molar-refractivity contribution in [1.82, 2.24) is 0 Å². The minimum absolute atomic E-state index is 0.402. The first-order chi connectivity index (χ1) is 31.5. The van der Waals surface area contributed by atoms with Gasteiger partial charge in [-0.15, -0.1) is 0 Å². The van der Waals surface area contributed by atoms with Crippen molar-refractivity contribution in [2.75, 3.05) is 0 Å². The van der Waals surface area contributed by atoms with Crippen molar-refractivity contribution in [1.29, 1.82) is 0 Å². The Morgan fingerprint density at radius 3 is 1.81 bits per heavy atom. The Kier molecular flexibility index (Phi) is 9.47. The Labute approximate surface area is 374 Å². The molecule has 0 fully saturated rings. The molecule has 64 heavy (non-hydrogen) atoms. The highest BCUT2D eigenvalue weighted by Crippen LogP contribution is 2.63. The van der Waals surface area contributed by atoms with Crippen molar-refractivity contribution in [2.45, 2.75) is 19.3 Å². The van der Waals surface area contributed by atoms with Gasteiger partial charge in [0.05, 0.1) is 11.1 Å². The van der Waals surface area contributed by atoms with Gasteiger partial charge in [-0.3, -0.25) is 0 Å². The predicted octanol–water partition coefficient (Wildman–Crippen LogP) is 15.7. The summed E-state index contributed by atoms with van der Waals surface area (Å²) in [5.74, 6) is 0.595. The Morgan fingerprint density at radius 2 is 1.12 bits per heavy atom. The topological polar surface area (TPSA) is 37.9 Å². The fraction of sp³-hybridized carbons (Fsp3) is 0.0492. The van der Waals surface area contributed by atoms with Crippen LogP contribution in [-0.2, 0) is 5.41 Å². The van der Waals surface area contributed by atoms with Gasteiger partial charge in [-0.1, -0.05) is 189 Å². The summed E-state index contributed by atoms with van der Waals surface area (Å²) < 4.78 is 6.58. The Hall–Kier alpha value is -8.14. The van der Waals surface area contributed by atoms with E-state index in [-0.39, 0.29) is 0 Å². The van der Waals surface area contributed by atoms with Crippen LogP contribution in [0, 0.1) is 0 Å². The molecule has 1 aromatic heterocycles. The van der Waals surface area contributed by atoms with Gasteiger partial charge >= 0.3 is 0 Å². The first kappa shape index (κ1) is 38.8. The number of hydrogen-bond acceptors (Lipinski definition) is 2. The highest BCUT2D eigenvalue weighted by Gasteiger charge is 2.51. The molecule has 3 heteroatoms. The average Bonchev–Trinajstić information content (AvgIpc) is 3.98. The molecule has 0 aliphatic heterocycles. The minimum atomic E-state index is -0.402. The third kappa shape index (κ3) is 6.12. The number of allylic oxidation sites excluding steroid dienone is 4. The van der Waals surface area contributed by atoms with Crippen LogP contribution in [0.2, 0.25) is 0 Å². The molecule has 8 aromatic carbocycles. The largest absolute Gasteiger partial charge is 0.456 e. The zero-order valence-electron chi connectivity index (χ0n) is 35.8. The molecule has 0 bridgehead atoms. The number of benzene rings is 8. The molecule has 0 saturated heterocycles. The van der Waals surface area contributed by atoms with Crippen LogP contribution in [0.1, 0.15) is 47.2 Å². The molecule has 0 unspecified atom stereocenters. The number of aliphatic imine (C=N–C) groups is 2. The minimum Gasteiger partial charge on any atom is -0.456 e. The fourth-order valence-corrected chi connectivity index (χ4v) is 10.1. The van der Waals surface area contributed by atoms with E-state index in [1.165, 1.54) is 50.1 Å². The summed E-state index contributed by atoms with van der Waals surface area (Å²) in [5, 5.41) is 2.17. The lowest BCUT2D eigenvalue weighted by Gasteiger charge is -2.30. The van der Waals surface area contributed by atoms with Gasteiger partial charge in [0.15, 0.2) is 5.84 Å². The van der Waals surface area contributed by atoms with Gasteiger partial charge in [-0.05, 0) is 122 Å². The van der Waals surface area contributed by atoms with E-state index in [0.29, 0.717) is 11.5 Å². The fourth-order valence-electron chi connectivity index (χ4n) is 10.1. The van der Waals surface area contributed by atoms with E-state index in [9.17, 15) is 0 Å². The predicted molar refractivity (Wildman–Crippen MR) is 268 cm³/mol. The maximum atomic E-state index is 6.58. The van der Waals surface area contributed by atoms with Gasteiger partial charge in [-0.25, -0.2) is 9.98 Å². The molecular formula is C61H44N2O. The molecule has 0 radical (unpaired) electrons. The SMILES string of the molecule is C=C/C=C\C(=C/C)C(=C)N=C(N=C(C)c1cccc(-c2cccc3oc4ccc(-c5ccc6c(c5)C5(c7ccccc7-c7ccccc75)c5ccccc5-6)cc4c23)c1)c1ccccc1. The van der Waals surface area contributed by atoms with Gasteiger partial charge in [0.25, 0.3) is 0 Å². The number of nitrogens with zero attached hydrogens (tertiary/aromatic N) is 2. The van der Waals surface area contributed by atoms with Gasteiger partial charge in [0.1, 0.15) is 11.2 Å². The molecule has 3 nitrogen and oxygen atoms in total. The second-order valence-corrected chi connectivity index (χ2v) is 16.5. The van der Waals surface area contributed by atoms with Crippen LogP contribution in [0.3, 0.4) is 0 Å². The average molecular weight is 821 g/mol. The zero-order chi connectivity index (χ0) is 43.4.